The molecule has 2 aromatic rings. The first-order valence-electron chi connectivity index (χ1n) is 4.76. The predicted molar refractivity (Wildman–Crippen MR) is 55.9 cm³/mol. The van der Waals surface area contributed by atoms with Crippen LogP contribution in [0.5, 0.6) is 0 Å². The summed E-state index contributed by atoms with van der Waals surface area (Å²) in [6.45, 7) is 0. The second-order valence-corrected chi connectivity index (χ2v) is 3.47. The van der Waals surface area contributed by atoms with Gasteiger partial charge in [-0.1, -0.05) is 5.21 Å². The molecule has 0 aliphatic carbocycles. The molecule has 1 atom stereocenters. The van der Waals surface area contributed by atoms with E-state index >= 15 is 0 Å². The molecule has 1 unspecified atom stereocenters. The quantitative estimate of drug-likeness (QED) is 0.786. The Balaban J connectivity index is 2.07. The van der Waals surface area contributed by atoms with E-state index in [1.165, 1.54) is 0 Å². The number of nitrogens with zero attached hydrogens (tertiary/aromatic N) is 4. The SMILES string of the molecule is Cn1cc(CC(N)c2ccncc2)nn1. The van der Waals surface area contributed by atoms with E-state index in [0.29, 0.717) is 6.42 Å². The van der Waals surface area contributed by atoms with Crippen LogP contribution >= 0.6 is 0 Å². The van der Waals surface area contributed by atoms with Gasteiger partial charge in [0.15, 0.2) is 0 Å². The first-order valence-corrected chi connectivity index (χ1v) is 4.76. The maximum Gasteiger partial charge on any atom is 0.0845 e. The molecule has 5 heteroatoms. The van der Waals surface area contributed by atoms with Gasteiger partial charge < -0.3 is 5.73 Å². The molecule has 0 aromatic carbocycles. The summed E-state index contributed by atoms with van der Waals surface area (Å²) < 4.78 is 1.68. The lowest BCUT2D eigenvalue weighted by atomic mass is 10.1. The standard InChI is InChI=1S/C10H13N5/c1-15-7-9(13-14-15)6-10(11)8-2-4-12-5-3-8/h2-5,7,10H,6,11H2,1H3. The smallest absolute Gasteiger partial charge is 0.0845 e. The fraction of sp³-hybridized carbons (Fsp3) is 0.300. The third-order valence-electron chi connectivity index (χ3n) is 2.21. The maximum atomic E-state index is 6.03. The minimum atomic E-state index is -0.0512. The van der Waals surface area contributed by atoms with Gasteiger partial charge in [-0.2, -0.15) is 0 Å². The Hall–Kier alpha value is -1.75. The Morgan fingerprint density at radius 2 is 2.13 bits per heavy atom. The number of hydrogen-bond donors (Lipinski definition) is 1. The van der Waals surface area contributed by atoms with Crippen LogP contribution in [0.4, 0.5) is 0 Å². The molecule has 5 nitrogen and oxygen atoms in total. The van der Waals surface area contributed by atoms with Crippen LogP contribution in [0.1, 0.15) is 17.3 Å². The lowest BCUT2D eigenvalue weighted by Gasteiger charge is -2.08. The molecule has 2 aromatic heterocycles. The van der Waals surface area contributed by atoms with E-state index < -0.39 is 0 Å². The zero-order valence-corrected chi connectivity index (χ0v) is 8.54. The van der Waals surface area contributed by atoms with Crippen molar-refractivity contribution in [3.63, 3.8) is 0 Å². The number of aromatic nitrogens is 4. The van der Waals surface area contributed by atoms with Crippen molar-refractivity contribution in [2.75, 3.05) is 0 Å². The normalized spacial score (nSPS) is 12.7. The fourth-order valence-electron chi connectivity index (χ4n) is 1.44. The summed E-state index contributed by atoms with van der Waals surface area (Å²) >= 11 is 0. The lowest BCUT2D eigenvalue weighted by molar-refractivity contribution is 0.693. The van der Waals surface area contributed by atoms with Crippen LogP contribution in [0.25, 0.3) is 0 Å². The molecule has 2 heterocycles. The summed E-state index contributed by atoms with van der Waals surface area (Å²) in [6.07, 6.45) is 6.05. The van der Waals surface area contributed by atoms with Crippen molar-refractivity contribution in [2.45, 2.75) is 12.5 Å². The van der Waals surface area contributed by atoms with Gasteiger partial charge in [0.2, 0.25) is 0 Å². The van der Waals surface area contributed by atoms with Crippen LogP contribution in [0.2, 0.25) is 0 Å². The van der Waals surface area contributed by atoms with Crippen LogP contribution in [0.3, 0.4) is 0 Å². The monoisotopic (exact) mass is 203 g/mol. The van der Waals surface area contributed by atoms with Crippen molar-refractivity contribution in [3.05, 3.63) is 42.0 Å². The molecule has 2 rings (SSSR count). The number of nitrogens with two attached hydrogens (primary N) is 1. The van der Waals surface area contributed by atoms with Crippen LogP contribution in [-0.2, 0) is 13.5 Å². The fourth-order valence-corrected chi connectivity index (χ4v) is 1.44. The van der Waals surface area contributed by atoms with Crippen molar-refractivity contribution in [1.29, 1.82) is 0 Å². The molecular weight excluding hydrogens is 190 g/mol. The number of hydrogen-bond acceptors (Lipinski definition) is 4. The van der Waals surface area contributed by atoms with E-state index in [0.717, 1.165) is 11.3 Å². The molecule has 15 heavy (non-hydrogen) atoms. The highest BCUT2D eigenvalue weighted by Crippen LogP contribution is 2.12. The van der Waals surface area contributed by atoms with Gasteiger partial charge in [0.05, 0.1) is 5.69 Å². The van der Waals surface area contributed by atoms with Gasteiger partial charge in [-0.05, 0) is 17.7 Å². The predicted octanol–water partition coefficient (Wildman–Crippen LogP) is 0.453. The summed E-state index contributed by atoms with van der Waals surface area (Å²) in [7, 11) is 1.84. The molecule has 0 bridgehead atoms. The highest BCUT2D eigenvalue weighted by Gasteiger charge is 2.08. The number of pyridine rings is 1. The Bertz CT molecular complexity index is 422. The highest BCUT2D eigenvalue weighted by atomic mass is 15.4. The van der Waals surface area contributed by atoms with Gasteiger partial charge in [0.25, 0.3) is 0 Å². The number of aryl methyl sites for hydroxylation is 1. The largest absolute Gasteiger partial charge is 0.324 e. The molecule has 0 saturated carbocycles. The molecule has 0 radical (unpaired) electrons. The Morgan fingerprint density at radius 3 is 2.73 bits per heavy atom. The van der Waals surface area contributed by atoms with E-state index in [9.17, 15) is 0 Å². The summed E-state index contributed by atoms with van der Waals surface area (Å²) in [5, 5.41) is 7.86. The topological polar surface area (TPSA) is 69.6 Å². The Morgan fingerprint density at radius 1 is 1.40 bits per heavy atom. The van der Waals surface area contributed by atoms with Crippen molar-refractivity contribution < 1.29 is 0 Å². The van der Waals surface area contributed by atoms with Gasteiger partial charge in [-0.3, -0.25) is 9.67 Å². The molecule has 0 amide bonds. The van der Waals surface area contributed by atoms with Gasteiger partial charge in [-0.25, -0.2) is 0 Å². The van der Waals surface area contributed by atoms with Gasteiger partial charge >= 0.3 is 0 Å². The number of rotatable bonds is 3. The van der Waals surface area contributed by atoms with Gasteiger partial charge in [-0.15, -0.1) is 5.10 Å². The van der Waals surface area contributed by atoms with Crippen molar-refractivity contribution in [3.8, 4) is 0 Å². The summed E-state index contributed by atoms with van der Waals surface area (Å²) in [5.41, 5.74) is 8.00. The maximum absolute atomic E-state index is 6.03. The first kappa shape index (κ1) is 9.79. The average Bonchev–Trinajstić information content (AvgIpc) is 2.65. The molecular formula is C10H13N5. The summed E-state index contributed by atoms with van der Waals surface area (Å²) in [6, 6.07) is 3.78. The molecule has 0 aliphatic heterocycles. The Labute approximate surface area is 87.9 Å². The first-order chi connectivity index (χ1) is 7.25. The minimum Gasteiger partial charge on any atom is -0.324 e. The molecule has 0 saturated heterocycles. The van der Waals surface area contributed by atoms with Crippen LogP contribution < -0.4 is 5.73 Å². The molecule has 0 aliphatic rings. The molecule has 2 N–H and O–H groups in total. The second kappa shape index (κ2) is 4.18. The van der Waals surface area contributed by atoms with Gasteiger partial charge in [0.1, 0.15) is 0 Å². The van der Waals surface area contributed by atoms with Crippen LogP contribution in [-0.4, -0.2) is 20.0 Å². The summed E-state index contributed by atoms with van der Waals surface area (Å²) in [5.74, 6) is 0. The van der Waals surface area contributed by atoms with E-state index in [-0.39, 0.29) is 6.04 Å². The zero-order valence-electron chi connectivity index (χ0n) is 8.54. The van der Waals surface area contributed by atoms with E-state index in [2.05, 4.69) is 15.3 Å². The third kappa shape index (κ3) is 2.38. The molecule has 0 spiro atoms. The molecule has 0 fully saturated rings. The Kier molecular flexibility index (Phi) is 2.73. The average molecular weight is 203 g/mol. The third-order valence-corrected chi connectivity index (χ3v) is 2.21. The lowest BCUT2D eigenvalue weighted by Crippen LogP contribution is -2.13. The molecule has 78 valence electrons. The van der Waals surface area contributed by atoms with Crippen molar-refractivity contribution >= 4 is 0 Å². The van der Waals surface area contributed by atoms with Crippen LogP contribution in [0, 0.1) is 0 Å². The van der Waals surface area contributed by atoms with Crippen molar-refractivity contribution in [1.82, 2.24) is 20.0 Å². The highest BCUT2D eigenvalue weighted by molar-refractivity contribution is 5.16. The second-order valence-electron chi connectivity index (χ2n) is 3.47. The minimum absolute atomic E-state index is 0.0512. The van der Waals surface area contributed by atoms with E-state index in [4.69, 9.17) is 5.73 Å². The van der Waals surface area contributed by atoms with E-state index in [1.54, 1.807) is 17.1 Å². The zero-order chi connectivity index (χ0) is 10.7. The summed E-state index contributed by atoms with van der Waals surface area (Å²) in [4.78, 5) is 3.95. The van der Waals surface area contributed by atoms with Gasteiger partial charge in [0, 0.05) is 38.1 Å². The van der Waals surface area contributed by atoms with Crippen molar-refractivity contribution in [2.24, 2.45) is 12.8 Å². The van der Waals surface area contributed by atoms with Crippen LogP contribution in [0.15, 0.2) is 30.7 Å². The van der Waals surface area contributed by atoms with E-state index in [1.807, 2.05) is 25.4 Å².